The van der Waals surface area contributed by atoms with Crippen molar-refractivity contribution in [3.8, 4) is 6.07 Å². The van der Waals surface area contributed by atoms with E-state index in [-0.39, 0.29) is 5.41 Å². The van der Waals surface area contributed by atoms with Gasteiger partial charge in [0.1, 0.15) is 6.10 Å². The summed E-state index contributed by atoms with van der Waals surface area (Å²) in [7, 11) is 0. The number of nitrogens with zero attached hydrogens (tertiary/aromatic N) is 2. The summed E-state index contributed by atoms with van der Waals surface area (Å²) in [5.74, 6) is 0. The Morgan fingerprint density at radius 1 is 1.47 bits per heavy atom. The van der Waals surface area contributed by atoms with Gasteiger partial charge in [0.15, 0.2) is 0 Å². The van der Waals surface area contributed by atoms with Gasteiger partial charge in [0, 0.05) is 24.0 Å². The van der Waals surface area contributed by atoms with Crippen LogP contribution in [-0.4, -0.2) is 23.3 Å². The van der Waals surface area contributed by atoms with Gasteiger partial charge in [0.05, 0.1) is 22.2 Å². The summed E-state index contributed by atoms with van der Waals surface area (Å²) in [4.78, 5) is 4.53. The molecular weight excluding hydrogens is 260 g/mol. The van der Waals surface area contributed by atoms with Crippen molar-refractivity contribution in [3.63, 3.8) is 0 Å². The Labute approximate surface area is 118 Å². The van der Waals surface area contributed by atoms with Crippen molar-refractivity contribution in [1.29, 1.82) is 5.26 Å². The van der Waals surface area contributed by atoms with Gasteiger partial charge in [-0.3, -0.25) is 0 Å². The molecule has 0 spiro atoms. The third kappa shape index (κ3) is 2.81. The molecule has 1 aliphatic rings. The number of nitriles is 1. The van der Waals surface area contributed by atoms with Gasteiger partial charge in [-0.25, -0.2) is 4.98 Å². The molecule has 1 saturated heterocycles. The van der Waals surface area contributed by atoms with E-state index >= 15 is 0 Å². The zero-order valence-electron chi connectivity index (χ0n) is 11.6. The molecule has 2 heterocycles. The minimum absolute atomic E-state index is 0.0296. The van der Waals surface area contributed by atoms with Crippen LogP contribution in [0.1, 0.15) is 50.4 Å². The van der Waals surface area contributed by atoms with E-state index in [1.54, 1.807) is 11.3 Å². The molecular formula is C14H20N2O2S. The van der Waals surface area contributed by atoms with Crippen molar-refractivity contribution in [2.45, 2.75) is 45.1 Å². The fourth-order valence-electron chi connectivity index (χ4n) is 2.22. The lowest BCUT2D eigenvalue weighted by Gasteiger charge is -2.34. The molecule has 1 aliphatic heterocycles. The molecule has 0 aromatic carbocycles. The zero-order valence-corrected chi connectivity index (χ0v) is 12.5. The lowest BCUT2D eigenvalue weighted by molar-refractivity contribution is -0.0325. The molecule has 1 fully saturated rings. The molecule has 1 N–H and O–H groups in total. The SMILES string of the molecule is CC(C)(C)c1nc(C(O)C2(C#N)CCOCC2)cs1. The van der Waals surface area contributed by atoms with Crippen molar-refractivity contribution < 1.29 is 9.84 Å². The van der Waals surface area contributed by atoms with E-state index in [1.165, 1.54) is 0 Å². The minimum Gasteiger partial charge on any atom is -0.385 e. The molecule has 0 bridgehead atoms. The number of hydrogen-bond acceptors (Lipinski definition) is 5. The molecule has 1 aromatic heterocycles. The summed E-state index contributed by atoms with van der Waals surface area (Å²) < 4.78 is 5.29. The number of hydrogen-bond donors (Lipinski definition) is 1. The highest BCUT2D eigenvalue weighted by atomic mass is 32.1. The molecule has 4 nitrogen and oxygen atoms in total. The van der Waals surface area contributed by atoms with Crippen LogP contribution in [-0.2, 0) is 10.2 Å². The first kappa shape index (κ1) is 14.4. The van der Waals surface area contributed by atoms with E-state index in [4.69, 9.17) is 4.74 Å². The van der Waals surface area contributed by atoms with Crippen LogP contribution < -0.4 is 0 Å². The van der Waals surface area contributed by atoms with Gasteiger partial charge >= 0.3 is 0 Å². The lowest BCUT2D eigenvalue weighted by atomic mass is 9.75. The van der Waals surface area contributed by atoms with Crippen LogP contribution in [0.5, 0.6) is 0 Å². The minimum atomic E-state index is -0.825. The van der Waals surface area contributed by atoms with Crippen LogP contribution in [0.4, 0.5) is 0 Å². The monoisotopic (exact) mass is 280 g/mol. The number of thiazole rings is 1. The Morgan fingerprint density at radius 2 is 2.11 bits per heavy atom. The predicted molar refractivity (Wildman–Crippen MR) is 73.9 cm³/mol. The highest BCUT2D eigenvalue weighted by Crippen LogP contribution is 2.42. The van der Waals surface area contributed by atoms with Gasteiger partial charge in [-0.2, -0.15) is 5.26 Å². The van der Waals surface area contributed by atoms with Crippen molar-refractivity contribution in [2.24, 2.45) is 5.41 Å². The standard InChI is InChI=1S/C14H20N2O2S/c1-13(2,3)12-16-10(8-19-12)11(17)14(9-15)4-6-18-7-5-14/h8,11,17H,4-7H2,1-3H3. The van der Waals surface area contributed by atoms with Crippen LogP contribution in [0, 0.1) is 16.7 Å². The van der Waals surface area contributed by atoms with Gasteiger partial charge in [-0.15, -0.1) is 11.3 Å². The zero-order chi connectivity index (χ0) is 14.1. The number of ether oxygens (including phenoxy) is 1. The molecule has 1 aromatic rings. The largest absolute Gasteiger partial charge is 0.385 e. The normalized spacial score (nSPS) is 20.8. The quantitative estimate of drug-likeness (QED) is 0.904. The third-order valence-electron chi connectivity index (χ3n) is 3.57. The van der Waals surface area contributed by atoms with Crippen molar-refractivity contribution in [2.75, 3.05) is 13.2 Å². The summed E-state index contributed by atoms with van der Waals surface area (Å²) >= 11 is 1.55. The fourth-order valence-corrected chi connectivity index (χ4v) is 3.15. The smallest absolute Gasteiger partial charge is 0.116 e. The van der Waals surface area contributed by atoms with Crippen molar-refractivity contribution in [1.82, 2.24) is 4.98 Å². The van der Waals surface area contributed by atoms with E-state index in [0.29, 0.717) is 31.7 Å². The first-order chi connectivity index (χ1) is 8.89. The maximum absolute atomic E-state index is 10.5. The summed E-state index contributed by atoms with van der Waals surface area (Å²) in [6.45, 7) is 7.34. The summed E-state index contributed by atoms with van der Waals surface area (Å²) in [5, 5.41) is 22.9. The van der Waals surface area contributed by atoms with Crippen LogP contribution in [0.25, 0.3) is 0 Å². The maximum Gasteiger partial charge on any atom is 0.116 e. The Kier molecular flexibility index (Phi) is 3.95. The lowest BCUT2D eigenvalue weighted by Crippen LogP contribution is -2.34. The average molecular weight is 280 g/mol. The van der Waals surface area contributed by atoms with Gasteiger partial charge in [0.2, 0.25) is 0 Å². The second-order valence-corrected chi connectivity index (χ2v) is 6.97. The molecule has 0 saturated carbocycles. The molecule has 5 heteroatoms. The number of aliphatic hydroxyl groups excluding tert-OH is 1. The predicted octanol–water partition coefficient (Wildman–Crippen LogP) is 2.79. The second kappa shape index (κ2) is 5.20. The van der Waals surface area contributed by atoms with Crippen molar-refractivity contribution >= 4 is 11.3 Å². The van der Waals surface area contributed by atoms with Crippen LogP contribution in [0.3, 0.4) is 0 Å². The molecule has 104 valence electrons. The van der Waals surface area contributed by atoms with Gasteiger partial charge < -0.3 is 9.84 Å². The molecule has 1 atom stereocenters. The van der Waals surface area contributed by atoms with E-state index in [9.17, 15) is 10.4 Å². The Bertz CT molecular complexity index is 478. The van der Waals surface area contributed by atoms with E-state index in [1.807, 2.05) is 5.38 Å². The molecule has 2 rings (SSSR count). The Balaban J connectivity index is 2.26. The number of aromatic nitrogens is 1. The van der Waals surface area contributed by atoms with Gasteiger partial charge in [-0.1, -0.05) is 20.8 Å². The van der Waals surface area contributed by atoms with Crippen LogP contribution in [0.15, 0.2) is 5.38 Å². The second-order valence-electron chi connectivity index (χ2n) is 6.11. The summed E-state index contributed by atoms with van der Waals surface area (Å²) in [6, 6.07) is 2.30. The van der Waals surface area contributed by atoms with Gasteiger partial charge in [-0.05, 0) is 12.8 Å². The van der Waals surface area contributed by atoms with E-state index in [0.717, 1.165) is 5.01 Å². The highest BCUT2D eigenvalue weighted by molar-refractivity contribution is 7.09. The molecule has 0 aliphatic carbocycles. The first-order valence-electron chi connectivity index (χ1n) is 6.52. The summed E-state index contributed by atoms with van der Waals surface area (Å²) in [5.41, 5.74) is -0.155. The molecule has 1 unspecified atom stereocenters. The topological polar surface area (TPSA) is 66.1 Å². The van der Waals surface area contributed by atoms with Crippen LogP contribution >= 0.6 is 11.3 Å². The number of rotatable bonds is 2. The Morgan fingerprint density at radius 3 is 2.58 bits per heavy atom. The first-order valence-corrected chi connectivity index (χ1v) is 7.40. The highest BCUT2D eigenvalue weighted by Gasteiger charge is 2.42. The van der Waals surface area contributed by atoms with E-state index in [2.05, 4.69) is 31.8 Å². The van der Waals surface area contributed by atoms with Crippen molar-refractivity contribution in [3.05, 3.63) is 16.1 Å². The fraction of sp³-hybridized carbons (Fsp3) is 0.714. The maximum atomic E-state index is 10.5. The van der Waals surface area contributed by atoms with Crippen LogP contribution in [0.2, 0.25) is 0 Å². The van der Waals surface area contributed by atoms with E-state index < -0.39 is 11.5 Å². The average Bonchev–Trinajstić information content (AvgIpc) is 2.88. The third-order valence-corrected chi connectivity index (χ3v) is 4.86. The number of aliphatic hydroxyl groups is 1. The van der Waals surface area contributed by atoms with Gasteiger partial charge in [0.25, 0.3) is 0 Å². The Hall–Kier alpha value is -0.960. The molecule has 19 heavy (non-hydrogen) atoms. The summed E-state index contributed by atoms with van der Waals surface area (Å²) in [6.07, 6.45) is 0.300. The molecule has 0 amide bonds. The molecule has 0 radical (unpaired) electrons.